The van der Waals surface area contributed by atoms with Crippen LogP contribution >= 0.6 is 11.3 Å². The fourth-order valence-corrected chi connectivity index (χ4v) is 2.86. The van der Waals surface area contributed by atoms with Crippen LogP contribution in [0.1, 0.15) is 23.8 Å². The van der Waals surface area contributed by atoms with Gasteiger partial charge in [-0.25, -0.2) is 0 Å². The van der Waals surface area contributed by atoms with Crippen LogP contribution in [0.4, 0.5) is 0 Å². The SMILES string of the molecule is COc1ccsc1C(O)C1CCCOC1. The normalized spacial score (nSPS) is 23.7. The van der Waals surface area contributed by atoms with Crippen molar-refractivity contribution in [2.45, 2.75) is 18.9 Å². The molecule has 0 radical (unpaired) electrons. The van der Waals surface area contributed by atoms with Crippen molar-refractivity contribution >= 4 is 11.3 Å². The molecule has 1 aromatic rings. The zero-order valence-corrected chi connectivity index (χ0v) is 9.63. The quantitative estimate of drug-likeness (QED) is 0.862. The second-order valence-corrected chi connectivity index (χ2v) is 4.72. The van der Waals surface area contributed by atoms with Gasteiger partial charge in [-0.05, 0) is 24.3 Å². The maximum atomic E-state index is 10.2. The third-order valence-corrected chi connectivity index (χ3v) is 3.76. The number of methoxy groups -OCH3 is 1. The summed E-state index contributed by atoms with van der Waals surface area (Å²) < 4.78 is 10.6. The van der Waals surface area contributed by atoms with E-state index in [9.17, 15) is 5.11 Å². The summed E-state index contributed by atoms with van der Waals surface area (Å²) in [6, 6.07) is 1.90. The highest BCUT2D eigenvalue weighted by molar-refractivity contribution is 7.10. The molecule has 84 valence electrons. The molecular formula is C11H16O3S. The number of hydrogen-bond donors (Lipinski definition) is 1. The molecule has 1 aliphatic heterocycles. The average molecular weight is 228 g/mol. The number of aliphatic hydroxyl groups excluding tert-OH is 1. The molecule has 0 aliphatic carbocycles. The highest BCUT2D eigenvalue weighted by atomic mass is 32.1. The number of hydrogen-bond acceptors (Lipinski definition) is 4. The molecule has 1 aliphatic rings. The molecule has 0 aromatic carbocycles. The van der Waals surface area contributed by atoms with Crippen LogP contribution in [0.2, 0.25) is 0 Å². The monoisotopic (exact) mass is 228 g/mol. The molecule has 1 aromatic heterocycles. The Hall–Kier alpha value is -0.580. The van der Waals surface area contributed by atoms with E-state index in [1.807, 2.05) is 11.4 Å². The van der Waals surface area contributed by atoms with Crippen molar-refractivity contribution in [1.29, 1.82) is 0 Å². The van der Waals surface area contributed by atoms with E-state index in [1.165, 1.54) is 0 Å². The maximum absolute atomic E-state index is 10.2. The Morgan fingerprint density at radius 2 is 2.53 bits per heavy atom. The molecule has 1 fully saturated rings. The second kappa shape index (κ2) is 4.96. The van der Waals surface area contributed by atoms with Gasteiger partial charge in [-0.2, -0.15) is 0 Å². The average Bonchev–Trinajstić information content (AvgIpc) is 2.77. The van der Waals surface area contributed by atoms with Crippen LogP contribution in [0, 0.1) is 5.92 Å². The Labute approximate surface area is 93.6 Å². The first-order chi connectivity index (χ1) is 7.33. The molecule has 0 amide bonds. The second-order valence-electron chi connectivity index (χ2n) is 3.78. The summed E-state index contributed by atoms with van der Waals surface area (Å²) in [7, 11) is 1.63. The molecule has 4 heteroatoms. The van der Waals surface area contributed by atoms with E-state index in [-0.39, 0.29) is 5.92 Å². The van der Waals surface area contributed by atoms with Crippen LogP contribution in [-0.4, -0.2) is 25.4 Å². The van der Waals surface area contributed by atoms with Gasteiger partial charge in [-0.3, -0.25) is 0 Å². The first-order valence-corrected chi connectivity index (χ1v) is 6.08. The third-order valence-electron chi connectivity index (χ3n) is 2.79. The van der Waals surface area contributed by atoms with Crippen LogP contribution in [-0.2, 0) is 4.74 Å². The molecule has 2 atom stereocenters. The molecule has 15 heavy (non-hydrogen) atoms. The predicted octanol–water partition coefficient (Wildman–Crippen LogP) is 2.22. The van der Waals surface area contributed by atoms with Crippen molar-refractivity contribution in [1.82, 2.24) is 0 Å². The minimum atomic E-state index is -0.444. The Kier molecular flexibility index (Phi) is 3.61. The number of aliphatic hydroxyl groups is 1. The van der Waals surface area contributed by atoms with Crippen molar-refractivity contribution in [2.24, 2.45) is 5.92 Å². The summed E-state index contributed by atoms with van der Waals surface area (Å²) in [5.74, 6) is 1.00. The van der Waals surface area contributed by atoms with Crippen molar-refractivity contribution in [3.8, 4) is 5.75 Å². The van der Waals surface area contributed by atoms with Gasteiger partial charge in [0.25, 0.3) is 0 Å². The standard InChI is InChI=1S/C11H16O3S/c1-13-9-4-6-15-11(9)10(12)8-3-2-5-14-7-8/h4,6,8,10,12H,2-3,5,7H2,1H3. The molecule has 0 saturated carbocycles. The van der Waals surface area contributed by atoms with Crippen LogP contribution in [0.15, 0.2) is 11.4 Å². The van der Waals surface area contributed by atoms with Crippen LogP contribution in [0.25, 0.3) is 0 Å². The Bertz CT molecular complexity index is 305. The number of rotatable bonds is 3. The summed E-state index contributed by atoms with van der Waals surface area (Å²) in [4.78, 5) is 0.924. The molecule has 0 bridgehead atoms. The Morgan fingerprint density at radius 3 is 3.20 bits per heavy atom. The molecule has 0 spiro atoms. The molecule has 3 nitrogen and oxygen atoms in total. The Balaban J connectivity index is 2.08. The first-order valence-electron chi connectivity index (χ1n) is 5.20. The lowest BCUT2D eigenvalue weighted by Crippen LogP contribution is -2.23. The van der Waals surface area contributed by atoms with Gasteiger partial charge in [-0.15, -0.1) is 11.3 Å². The van der Waals surface area contributed by atoms with E-state index in [0.29, 0.717) is 6.61 Å². The number of thiophene rings is 1. The van der Waals surface area contributed by atoms with Crippen LogP contribution < -0.4 is 4.74 Å². The fourth-order valence-electron chi connectivity index (χ4n) is 1.92. The highest BCUT2D eigenvalue weighted by Crippen LogP contribution is 2.37. The van der Waals surface area contributed by atoms with Crippen molar-refractivity contribution < 1.29 is 14.6 Å². The van der Waals surface area contributed by atoms with E-state index >= 15 is 0 Å². The summed E-state index contributed by atoms with van der Waals surface area (Å²) in [5.41, 5.74) is 0. The summed E-state index contributed by atoms with van der Waals surface area (Å²) in [6.07, 6.45) is 1.62. The zero-order valence-electron chi connectivity index (χ0n) is 8.81. The predicted molar refractivity (Wildman–Crippen MR) is 59.4 cm³/mol. The van der Waals surface area contributed by atoms with E-state index in [2.05, 4.69) is 0 Å². The van der Waals surface area contributed by atoms with Gasteiger partial charge in [0.15, 0.2) is 0 Å². The summed E-state index contributed by atoms with van der Waals surface area (Å²) in [5, 5.41) is 12.1. The van der Waals surface area contributed by atoms with Gasteiger partial charge in [0, 0.05) is 12.5 Å². The van der Waals surface area contributed by atoms with Gasteiger partial charge >= 0.3 is 0 Å². The van der Waals surface area contributed by atoms with Gasteiger partial charge in [0.2, 0.25) is 0 Å². The van der Waals surface area contributed by atoms with Gasteiger partial charge < -0.3 is 14.6 Å². The highest BCUT2D eigenvalue weighted by Gasteiger charge is 2.26. The molecule has 1 N–H and O–H groups in total. The maximum Gasteiger partial charge on any atom is 0.135 e. The lowest BCUT2D eigenvalue weighted by Gasteiger charge is -2.26. The molecule has 2 unspecified atom stereocenters. The summed E-state index contributed by atoms with van der Waals surface area (Å²) >= 11 is 1.55. The van der Waals surface area contributed by atoms with Crippen molar-refractivity contribution in [2.75, 3.05) is 20.3 Å². The lowest BCUT2D eigenvalue weighted by molar-refractivity contribution is -0.00928. The molecule has 1 saturated heterocycles. The molecular weight excluding hydrogens is 212 g/mol. The van der Waals surface area contributed by atoms with Crippen LogP contribution in [0.5, 0.6) is 5.75 Å². The first kappa shape index (κ1) is 10.9. The Morgan fingerprint density at radius 1 is 1.67 bits per heavy atom. The van der Waals surface area contributed by atoms with E-state index in [1.54, 1.807) is 18.4 Å². The van der Waals surface area contributed by atoms with Crippen molar-refractivity contribution in [3.05, 3.63) is 16.3 Å². The molecule has 2 heterocycles. The molecule has 2 rings (SSSR count). The minimum absolute atomic E-state index is 0.214. The third kappa shape index (κ3) is 2.33. The number of ether oxygens (including phenoxy) is 2. The van der Waals surface area contributed by atoms with Crippen molar-refractivity contribution in [3.63, 3.8) is 0 Å². The fraction of sp³-hybridized carbons (Fsp3) is 0.636. The van der Waals surface area contributed by atoms with E-state index < -0.39 is 6.10 Å². The van der Waals surface area contributed by atoms with Crippen LogP contribution in [0.3, 0.4) is 0 Å². The summed E-state index contributed by atoms with van der Waals surface area (Å²) in [6.45, 7) is 1.48. The largest absolute Gasteiger partial charge is 0.495 e. The topological polar surface area (TPSA) is 38.7 Å². The zero-order chi connectivity index (χ0) is 10.7. The van der Waals surface area contributed by atoms with Gasteiger partial charge in [0.1, 0.15) is 5.75 Å². The van der Waals surface area contributed by atoms with Gasteiger partial charge in [0.05, 0.1) is 24.7 Å². The van der Waals surface area contributed by atoms with E-state index in [4.69, 9.17) is 9.47 Å². The smallest absolute Gasteiger partial charge is 0.135 e. The lowest BCUT2D eigenvalue weighted by atomic mass is 9.95. The minimum Gasteiger partial charge on any atom is -0.495 e. The van der Waals surface area contributed by atoms with E-state index in [0.717, 1.165) is 30.1 Å². The van der Waals surface area contributed by atoms with Gasteiger partial charge in [-0.1, -0.05) is 0 Å².